The Balaban J connectivity index is 2.04. The molecule has 1 aliphatic carbocycles. The maximum atomic E-state index is 12.3. The molecule has 0 aromatic heterocycles. The molecule has 0 radical (unpaired) electrons. The minimum atomic E-state index is -0.0813. The maximum Gasteiger partial charge on any atom is 0.167 e. The van der Waals surface area contributed by atoms with Crippen molar-refractivity contribution in [2.75, 3.05) is 0 Å². The van der Waals surface area contributed by atoms with Gasteiger partial charge in [-0.3, -0.25) is 4.79 Å². The molecule has 0 bridgehead atoms. The summed E-state index contributed by atoms with van der Waals surface area (Å²) in [6.45, 7) is 1.96. The Kier molecular flexibility index (Phi) is 4.22. The zero-order chi connectivity index (χ0) is 12.3. The molecule has 92 valence electrons. The Morgan fingerprint density at radius 2 is 1.82 bits per heavy atom. The van der Waals surface area contributed by atoms with Crippen LogP contribution in [-0.2, 0) is 0 Å². The summed E-state index contributed by atoms with van der Waals surface area (Å²) in [6.07, 6.45) is 4.89. The first-order valence-corrected chi connectivity index (χ1v) is 6.87. The Labute approximate surface area is 108 Å². The number of ketones is 1. The second-order valence-corrected chi connectivity index (χ2v) is 5.51. The van der Waals surface area contributed by atoms with Crippen LogP contribution in [-0.4, -0.2) is 11.2 Å². The summed E-state index contributed by atoms with van der Waals surface area (Å²) < 4.78 is 0. The summed E-state index contributed by atoms with van der Waals surface area (Å²) in [5.74, 6) is 0.624. The van der Waals surface area contributed by atoms with Gasteiger partial charge >= 0.3 is 0 Å². The highest BCUT2D eigenvalue weighted by Crippen LogP contribution is 2.35. The predicted octanol–water partition coefficient (Wildman–Crippen LogP) is 4.30. The van der Waals surface area contributed by atoms with Crippen LogP contribution in [0.15, 0.2) is 30.3 Å². The summed E-state index contributed by atoms with van der Waals surface area (Å²) in [5, 5.41) is -0.00907. The minimum Gasteiger partial charge on any atom is -0.294 e. The van der Waals surface area contributed by atoms with Crippen LogP contribution < -0.4 is 0 Å². The largest absolute Gasteiger partial charge is 0.294 e. The lowest BCUT2D eigenvalue weighted by molar-refractivity contribution is 0.0916. The molecule has 1 saturated carbocycles. The normalized spacial score (nSPS) is 20.1. The topological polar surface area (TPSA) is 17.1 Å². The smallest absolute Gasteiger partial charge is 0.167 e. The third kappa shape index (κ3) is 2.90. The fraction of sp³-hybridized carbons (Fsp3) is 0.533. The zero-order valence-electron chi connectivity index (χ0n) is 10.2. The molecule has 1 aromatic carbocycles. The van der Waals surface area contributed by atoms with Crippen molar-refractivity contribution >= 4 is 17.4 Å². The van der Waals surface area contributed by atoms with E-state index in [-0.39, 0.29) is 17.1 Å². The number of Topliss-reactive ketones (excluding diaryl/α,β-unsaturated/α-hetero) is 1. The van der Waals surface area contributed by atoms with Gasteiger partial charge in [0.25, 0.3) is 0 Å². The third-order valence-corrected chi connectivity index (χ3v) is 4.53. The van der Waals surface area contributed by atoms with Crippen molar-refractivity contribution in [3.63, 3.8) is 0 Å². The molecule has 2 heteroatoms. The Bertz CT molecular complexity index is 368. The molecule has 2 atom stereocenters. The molecule has 1 fully saturated rings. The van der Waals surface area contributed by atoms with E-state index in [1.165, 1.54) is 25.7 Å². The molecule has 0 spiro atoms. The molecule has 2 unspecified atom stereocenters. The van der Waals surface area contributed by atoms with Crippen molar-refractivity contribution in [1.29, 1.82) is 0 Å². The summed E-state index contributed by atoms with van der Waals surface area (Å²) in [5.41, 5.74) is 0.781. The fourth-order valence-electron chi connectivity index (χ4n) is 2.69. The average molecular weight is 251 g/mol. The third-order valence-electron chi connectivity index (χ3n) is 3.80. The Hall–Kier alpha value is -0.820. The second kappa shape index (κ2) is 5.68. The Morgan fingerprint density at radius 1 is 1.24 bits per heavy atom. The lowest BCUT2D eigenvalue weighted by Crippen LogP contribution is -2.27. The van der Waals surface area contributed by atoms with Gasteiger partial charge < -0.3 is 0 Å². The van der Waals surface area contributed by atoms with Gasteiger partial charge in [0, 0.05) is 16.9 Å². The van der Waals surface area contributed by atoms with Crippen LogP contribution >= 0.6 is 11.6 Å². The molecule has 0 N–H and O–H groups in total. The van der Waals surface area contributed by atoms with E-state index < -0.39 is 0 Å². The molecule has 2 rings (SSSR count). The van der Waals surface area contributed by atoms with E-state index >= 15 is 0 Å². The van der Waals surface area contributed by atoms with Crippen LogP contribution in [0.25, 0.3) is 0 Å². The number of carbonyl (C=O) groups excluding carboxylic acids is 1. The van der Waals surface area contributed by atoms with Crippen molar-refractivity contribution < 1.29 is 4.79 Å². The van der Waals surface area contributed by atoms with Gasteiger partial charge in [-0.2, -0.15) is 0 Å². The van der Waals surface area contributed by atoms with E-state index in [2.05, 4.69) is 0 Å². The molecule has 0 aliphatic heterocycles. The van der Waals surface area contributed by atoms with Crippen molar-refractivity contribution in [2.45, 2.75) is 38.0 Å². The van der Waals surface area contributed by atoms with E-state index in [1.54, 1.807) is 0 Å². The Morgan fingerprint density at radius 3 is 2.41 bits per heavy atom. The number of hydrogen-bond acceptors (Lipinski definition) is 1. The number of alkyl halides is 1. The first-order valence-electron chi connectivity index (χ1n) is 6.43. The van der Waals surface area contributed by atoms with Crippen LogP contribution in [0.4, 0.5) is 0 Å². The van der Waals surface area contributed by atoms with E-state index in [0.29, 0.717) is 5.92 Å². The molecule has 1 aliphatic rings. The summed E-state index contributed by atoms with van der Waals surface area (Å²) in [6, 6.07) is 9.47. The van der Waals surface area contributed by atoms with E-state index in [4.69, 9.17) is 11.6 Å². The standard InChI is InChI=1S/C15H19ClO/c1-11(14(16)12-7-5-6-8-12)15(17)13-9-3-2-4-10-13/h2-4,9-12,14H,5-8H2,1H3. The lowest BCUT2D eigenvalue weighted by Gasteiger charge is -2.22. The molecule has 1 nitrogen and oxygen atoms in total. The number of carbonyl (C=O) groups is 1. The highest BCUT2D eigenvalue weighted by molar-refractivity contribution is 6.23. The van der Waals surface area contributed by atoms with Crippen LogP contribution in [0.5, 0.6) is 0 Å². The summed E-state index contributed by atoms with van der Waals surface area (Å²) in [7, 11) is 0. The highest BCUT2D eigenvalue weighted by Gasteiger charge is 2.31. The molecule has 0 heterocycles. The zero-order valence-corrected chi connectivity index (χ0v) is 11.0. The number of benzene rings is 1. The van der Waals surface area contributed by atoms with Gasteiger partial charge in [0.15, 0.2) is 5.78 Å². The maximum absolute atomic E-state index is 12.3. The average Bonchev–Trinajstić information content (AvgIpc) is 2.91. The van der Waals surface area contributed by atoms with Gasteiger partial charge in [-0.15, -0.1) is 11.6 Å². The van der Waals surface area contributed by atoms with Crippen molar-refractivity contribution in [2.24, 2.45) is 11.8 Å². The quantitative estimate of drug-likeness (QED) is 0.575. The highest BCUT2D eigenvalue weighted by atomic mass is 35.5. The van der Waals surface area contributed by atoms with Gasteiger partial charge in [-0.1, -0.05) is 50.1 Å². The van der Waals surface area contributed by atoms with Crippen molar-refractivity contribution in [3.8, 4) is 0 Å². The first-order chi connectivity index (χ1) is 8.20. The molecule has 0 amide bonds. The SMILES string of the molecule is CC(C(=O)c1ccccc1)C(Cl)C1CCCC1. The van der Waals surface area contributed by atoms with E-state index in [0.717, 1.165) is 5.56 Å². The number of hydrogen-bond donors (Lipinski definition) is 0. The molecular formula is C15H19ClO. The van der Waals surface area contributed by atoms with Crippen LogP contribution in [0.1, 0.15) is 43.0 Å². The number of halogens is 1. The van der Waals surface area contributed by atoms with Gasteiger partial charge in [0.2, 0.25) is 0 Å². The second-order valence-electron chi connectivity index (χ2n) is 5.01. The molecule has 17 heavy (non-hydrogen) atoms. The van der Waals surface area contributed by atoms with Crippen molar-refractivity contribution in [3.05, 3.63) is 35.9 Å². The molecule has 0 saturated heterocycles. The monoisotopic (exact) mass is 250 g/mol. The van der Waals surface area contributed by atoms with Gasteiger partial charge in [0.05, 0.1) is 0 Å². The first kappa shape index (κ1) is 12.6. The minimum absolute atomic E-state index is 0.00907. The molecular weight excluding hydrogens is 232 g/mol. The molecule has 1 aromatic rings. The van der Waals surface area contributed by atoms with E-state index in [9.17, 15) is 4.79 Å². The van der Waals surface area contributed by atoms with Gasteiger partial charge in [-0.25, -0.2) is 0 Å². The van der Waals surface area contributed by atoms with Gasteiger partial charge in [-0.05, 0) is 18.8 Å². The lowest BCUT2D eigenvalue weighted by atomic mass is 9.88. The van der Waals surface area contributed by atoms with Crippen LogP contribution in [0.3, 0.4) is 0 Å². The number of rotatable bonds is 4. The van der Waals surface area contributed by atoms with Crippen LogP contribution in [0, 0.1) is 11.8 Å². The predicted molar refractivity (Wildman–Crippen MR) is 71.5 cm³/mol. The summed E-state index contributed by atoms with van der Waals surface area (Å²) >= 11 is 6.46. The fourth-order valence-corrected chi connectivity index (χ4v) is 3.06. The van der Waals surface area contributed by atoms with E-state index in [1.807, 2.05) is 37.3 Å². The summed E-state index contributed by atoms with van der Waals surface area (Å²) in [4.78, 5) is 12.3. The van der Waals surface area contributed by atoms with Crippen molar-refractivity contribution in [1.82, 2.24) is 0 Å². The van der Waals surface area contributed by atoms with Gasteiger partial charge in [0.1, 0.15) is 0 Å². The van der Waals surface area contributed by atoms with Crippen LogP contribution in [0.2, 0.25) is 0 Å².